The zero-order valence-electron chi connectivity index (χ0n) is 13.1. The van der Waals surface area contributed by atoms with Crippen molar-refractivity contribution in [1.82, 2.24) is 5.32 Å². The van der Waals surface area contributed by atoms with Crippen molar-refractivity contribution in [1.29, 1.82) is 0 Å². The monoisotopic (exact) mass is 321 g/mol. The van der Waals surface area contributed by atoms with Crippen LogP contribution in [0.3, 0.4) is 0 Å². The highest BCUT2D eigenvalue weighted by molar-refractivity contribution is 5.77. The summed E-state index contributed by atoms with van der Waals surface area (Å²) in [6.45, 7) is 0.318. The lowest BCUT2D eigenvalue weighted by Gasteiger charge is -2.04. The Balaban J connectivity index is 1.57. The normalized spacial score (nSPS) is 10.4. The highest BCUT2D eigenvalue weighted by atomic mass is 19.1. The topological polar surface area (TPSA) is 43.2 Å². The average Bonchev–Trinajstić information content (AvgIpc) is 2.61. The summed E-state index contributed by atoms with van der Waals surface area (Å²) in [7, 11) is 0. The van der Waals surface area contributed by atoms with E-state index >= 15 is 0 Å². The van der Waals surface area contributed by atoms with E-state index in [4.69, 9.17) is 0 Å². The number of aromatic amines is 1. The Morgan fingerprint density at radius 2 is 1.79 bits per heavy atom. The number of carbonyl (C=O) groups excluding carboxylic acids is 1. The van der Waals surface area contributed by atoms with E-state index in [1.807, 2.05) is 48.7 Å². The van der Waals surface area contributed by atoms with Crippen LogP contribution in [0, 0.1) is 5.82 Å². The molecule has 0 atom stereocenters. The predicted molar refractivity (Wildman–Crippen MR) is 90.4 cm³/mol. The molecule has 0 aliphatic carbocycles. The van der Waals surface area contributed by atoms with Gasteiger partial charge in [0.1, 0.15) is 12.2 Å². The number of rotatable bonds is 5. The molecule has 4 heteroatoms. The number of aromatic nitrogens is 1. The SMILES string of the molecule is O=C(Cc1ccc(-c2ccccc2)c[nH+]1)NCc1cccc(F)c1. The number of H-pyrrole nitrogens is 1. The first-order valence-corrected chi connectivity index (χ1v) is 7.78. The summed E-state index contributed by atoms with van der Waals surface area (Å²) in [5.74, 6) is -0.408. The Bertz CT molecular complexity index is 817. The molecular weight excluding hydrogens is 303 g/mol. The molecule has 1 aromatic heterocycles. The minimum Gasteiger partial charge on any atom is -0.352 e. The van der Waals surface area contributed by atoms with Gasteiger partial charge in [-0.25, -0.2) is 9.37 Å². The van der Waals surface area contributed by atoms with Gasteiger partial charge >= 0.3 is 0 Å². The first kappa shape index (κ1) is 15.9. The lowest BCUT2D eigenvalue weighted by atomic mass is 10.1. The van der Waals surface area contributed by atoms with Crippen LogP contribution in [0.4, 0.5) is 4.39 Å². The Morgan fingerprint density at radius 1 is 0.958 bits per heavy atom. The third kappa shape index (κ3) is 4.26. The molecule has 2 N–H and O–H groups in total. The van der Waals surface area contributed by atoms with E-state index in [2.05, 4.69) is 10.3 Å². The van der Waals surface area contributed by atoms with E-state index < -0.39 is 0 Å². The standard InChI is InChI=1S/C20H17FN2O/c21-18-8-4-5-15(11-18)13-23-20(24)12-19-10-9-17(14-22-19)16-6-2-1-3-7-16/h1-11,14H,12-13H2,(H,23,24)/p+1. The van der Waals surface area contributed by atoms with E-state index in [0.29, 0.717) is 6.54 Å². The van der Waals surface area contributed by atoms with Crippen LogP contribution in [0.5, 0.6) is 0 Å². The lowest BCUT2D eigenvalue weighted by Crippen LogP contribution is -2.27. The quantitative estimate of drug-likeness (QED) is 0.771. The molecule has 0 unspecified atom stereocenters. The van der Waals surface area contributed by atoms with Crippen molar-refractivity contribution in [3.8, 4) is 11.1 Å². The number of nitrogens with one attached hydrogen (secondary N) is 2. The fraction of sp³-hybridized carbons (Fsp3) is 0.100. The average molecular weight is 321 g/mol. The third-order valence-electron chi connectivity index (χ3n) is 3.71. The molecule has 120 valence electrons. The summed E-state index contributed by atoms with van der Waals surface area (Å²) >= 11 is 0. The zero-order valence-corrected chi connectivity index (χ0v) is 13.1. The number of hydrogen-bond donors (Lipinski definition) is 1. The summed E-state index contributed by atoms with van der Waals surface area (Å²) in [5.41, 5.74) is 3.76. The van der Waals surface area contributed by atoms with Crippen LogP contribution < -0.4 is 10.3 Å². The molecule has 0 bridgehead atoms. The number of halogens is 1. The molecule has 3 rings (SSSR count). The highest BCUT2D eigenvalue weighted by Crippen LogP contribution is 2.16. The van der Waals surface area contributed by atoms with Crippen molar-refractivity contribution in [2.45, 2.75) is 13.0 Å². The van der Waals surface area contributed by atoms with E-state index in [9.17, 15) is 9.18 Å². The second-order valence-corrected chi connectivity index (χ2v) is 5.55. The highest BCUT2D eigenvalue weighted by Gasteiger charge is 2.10. The molecule has 0 spiro atoms. The molecule has 1 amide bonds. The zero-order chi connectivity index (χ0) is 16.8. The van der Waals surface area contributed by atoms with Crippen molar-refractivity contribution in [3.05, 3.63) is 90.0 Å². The van der Waals surface area contributed by atoms with Crippen molar-refractivity contribution in [3.63, 3.8) is 0 Å². The van der Waals surface area contributed by atoms with Gasteiger partial charge in [0.05, 0.1) is 0 Å². The Labute approximate surface area is 140 Å². The first-order valence-electron chi connectivity index (χ1n) is 7.78. The Hall–Kier alpha value is -3.01. The number of carbonyl (C=O) groups is 1. The molecule has 2 aromatic carbocycles. The number of amides is 1. The van der Waals surface area contributed by atoms with Gasteiger partial charge in [-0.15, -0.1) is 0 Å². The van der Waals surface area contributed by atoms with Gasteiger partial charge in [-0.3, -0.25) is 4.79 Å². The van der Waals surface area contributed by atoms with Crippen LogP contribution in [0.15, 0.2) is 72.9 Å². The van der Waals surface area contributed by atoms with Gasteiger partial charge < -0.3 is 5.32 Å². The number of benzene rings is 2. The van der Waals surface area contributed by atoms with E-state index in [-0.39, 0.29) is 18.1 Å². The van der Waals surface area contributed by atoms with Crippen LogP contribution in [-0.4, -0.2) is 5.91 Å². The van der Waals surface area contributed by atoms with Gasteiger partial charge in [-0.1, -0.05) is 42.5 Å². The summed E-state index contributed by atoms with van der Waals surface area (Å²) in [6.07, 6.45) is 2.15. The van der Waals surface area contributed by atoms with Gasteiger partial charge in [0.15, 0.2) is 11.9 Å². The summed E-state index contributed by atoms with van der Waals surface area (Å²) in [5, 5.41) is 2.80. The van der Waals surface area contributed by atoms with Gasteiger partial charge in [-0.05, 0) is 29.3 Å². The van der Waals surface area contributed by atoms with Crippen molar-refractivity contribution in [2.75, 3.05) is 0 Å². The maximum absolute atomic E-state index is 13.1. The van der Waals surface area contributed by atoms with Crippen LogP contribution in [0.2, 0.25) is 0 Å². The van der Waals surface area contributed by atoms with Crippen molar-refractivity contribution >= 4 is 5.91 Å². The smallest absolute Gasteiger partial charge is 0.230 e. The first-order chi connectivity index (χ1) is 11.7. The van der Waals surface area contributed by atoms with E-state index in [1.165, 1.54) is 12.1 Å². The number of hydrogen-bond acceptors (Lipinski definition) is 1. The fourth-order valence-corrected chi connectivity index (χ4v) is 2.46. The third-order valence-corrected chi connectivity index (χ3v) is 3.71. The molecule has 0 radical (unpaired) electrons. The summed E-state index contributed by atoms with van der Waals surface area (Å²) < 4.78 is 13.1. The lowest BCUT2D eigenvalue weighted by molar-refractivity contribution is -0.388. The maximum Gasteiger partial charge on any atom is 0.230 e. The van der Waals surface area contributed by atoms with Crippen molar-refractivity contribution in [2.24, 2.45) is 0 Å². The molecule has 0 aliphatic rings. The molecule has 0 fully saturated rings. The van der Waals surface area contributed by atoms with Crippen LogP contribution >= 0.6 is 0 Å². The Morgan fingerprint density at radius 3 is 2.50 bits per heavy atom. The van der Waals surface area contributed by atoms with Gasteiger partial charge in [0.2, 0.25) is 5.91 Å². The number of pyridine rings is 1. The summed E-state index contributed by atoms with van der Waals surface area (Å²) in [6, 6.07) is 20.1. The molecule has 0 saturated heterocycles. The van der Waals surface area contributed by atoms with Gasteiger partial charge in [0, 0.05) is 18.2 Å². The minimum atomic E-state index is -0.299. The van der Waals surface area contributed by atoms with Crippen molar-refractivity contribution < 1.29 is 14.2 Å². The second-order valence-electron chi connectivity index (χ2n) is 5.55. The molecule has 3 aromatic rings. The van der Waals surface area contributed by atoms with E-state index in [0.717, 1.165) is 22.4 Å². The van der Waals surface area contributed by atoms with Crippen LogP contribution in [-0.2, 0) is 17.8 Å². The molecule has 0 saturated carbocycles. The second kappa shape index (κ2) is 7.51. The molecule has 24 heavy (non-hydrogen) atoms. The maximum atomic E-state index is 13.1. The fourth-order valence-electron chi connectivity index (χ4n) is 2.46. The van der Waals surface area contributed by atoms with E-state index in [1.54, 1.807) is 12.1 Å². The van der Waals surface area contributed by atoms with Crippen LogP contribution in [0.1, 0.15) is 11.3 Å². The van der Waals surface area contributed by atoms with Crippen LogP contribution in [0.25, 0.3) is 11.1 Å². The molecular formula is C20H18FN2O+. The van der Waals surface area contributed by atoms with Gasteiger partial charge in [-0.2, -0.15) is 0 Å². The van der Waals surface area contributed by atoms with Gasteiger partial charge in [0.25, 0.3) is 0 Å². The predicted octanol–water partition coefficient (Wildman–Crippen LogP) is 3.17. The molecule has 0 aliphatic heterocycles. The Kier molecular flexibility index (Phi) is 4.96. The summed E-state index contributed by atoms with van der Waals surface area (Å²) in [4.78, 5) is 15.2. The minimum absolute atomic E-state index is 0.108. The largest absolute Gasteiger partial charge is 0.352 e. The molecule has 1 heterocycles. The molecule has 3 nitrogen and oxygen atoms in total.